The maximum atomic E-state index is 11.0. The molecule has 0 aromatic heterocycles. The summed E-state index contributed by atoms with van der Waals surface area (Å²) in [6.07, 6.45) is 0. The summed E-state index contributed by atoms with van der Waals surface area (Å²) in [6.45, 7) is 0. The standard InChI is InChI=1S/C13H11NO2.Na/c15-13(16)11-8-4-5-9-12(11)14-10-6-2-1-3-7-10;/h1-9,14H,(H,15,16);. The molecule has 2 rings (SSSR count). The fraction of sp³-hybridized carbons (Fsp3) is 0. The minimum atomic E-state index is -0.931. The Morgan fingerprint density at radius 3 is 2.18 bits per heavy atom. The third kappa shape index (κ3) is 3.60. The van der Waals surface area contributed by atoms with Crippen molar-refractivity contribution in [2.45, 2.75) is 0 Å². The molecule has 0 atom stereocenters. The van der Waals surface area contributed by atoms with Crippen LogP contribution in [-0.2, 0) is 0 Å². The molecule has 81 valence electrons. The molecule has 2 N–H and O–H groups in total. The second-order valence-electron chi connectivity index (χ2n) is 3.34. The Morgan fingerprint density at radius 2 is 1.53 bits per heavy atom. The number of rotatable bonds is 3. The topological polar surface area (TPSA) is 49.3 Å². The van der Waals surface area contributed by atoms with E-state index in [1.165, 1.54) is 0 Å². The number of hydrogen-bond donors (Lipinski definition) is 2. The molecule has 2 aromatic rings. The first-order valence-corrected chi connectivity index (χ1v) is 4.92. The van der Waals surface area contributed by atoms with E-state index in [-0.39, 0.29) is 35.1 Å². The molecule has 3 nitrogen and oxygen atoms in total. The van der Waals surface area contributed by atoms with E-state index in [1.807, 2.05) is 30.3 Å². The molecule has 0 aliphatic carbocycles. The number of carbonyl (C=O) groups is 1. The molecule has 0 fully saturated rings. The van der Waals surface area contributed by atoms with Gasteiger partial charge in [-0.15, -0.1) is 0 Å². The van der Waals surface area contributed by atoms with Gasteiger partial charge in [0.2, 0.25) is 0 Å². The second-order valence-corrected chi connectivity index (χ2v) is 3.34. The summed E-state index contributed by atoms with van der Waals surface area (Å²) in [5.74, 6) is -0.931. The molecule has 0 amide bonds. The summed E-state index contributed by atoms with van der Waals surface area (Å²) in [6, 6.07) is 16.3. The fourth-order valence-electron chi connectivity index (χ4n) is 1.46. The Morgan fingerprint density at radius 1 is 0.941 bits per heavy atom. The van der Waals surface area contributed by atoms with Crippen molar-refractivity contribution in [3.05, 3.63) is 60.2 Å². The van der Waals surface area contributed by atoms with E-state index >= 15 is 0 Å². The van der Waals surface area contributed by atoms with Crippen LogP contribution in [0.25, 0.3) is 0 Å². The van der Waals surface area contributed by atoms with E-state index in [1.54, 1.807) is 24.3 Å². The average Bonchev–Trinajstić information content (AvgIpc) is 2.31. The zero-order valence-corrected chi connectivity index (χ0v) is 11.6. The zero-order chi connectivity index (χ0) is 11.4. The number of benzene rings is 2. The summed E-state index contributed by atoms with van der Waals surface area (Å²) in [5.41, 5.74) is 1.74. The average molecular weight is 236 g/mol. The van der Waals surface area contributed by atoms with Gasteiger partial charge in [-0.05, 0) is 24.3 Å². The summed E-state index contributed by atoms with van der Waals surface area (Å²) < 4.78 is 0. The number of para-hydroxylation sites is 2. The fourth-order valence-corrected chi connectivity index (χ4v) is 1.46. The number of carboxylic acid groups (broad SMARTS) is 1. The number of anilines is 2. The molecule has 0 aliphatic rings. The van der Waals surface area contributed by atoms with Gasteiger partial charge in [-0.3, -0.25) is 0 Å². The smallest absolute Gasteiger partial charge is 0.337 e. The predicted molar refractivity (Wildman–Crippen MR) is 68.9 cm³/mol. The Kier molecular flexibility index (Phi) is 5.22. The van der Waals surface area contributed by atoms with Crippen molar-refractivity contribution in [3.63, 3.8) is 0 Å². The van der Waals surface area contributed by atoms with Crippen molar-refractivity contribution in [2.75, 3.05) is 5.32 Å². The van der Waals surface area contributed by atoms with Crippen molar-refractivity contribution in [1.82, 2.24) is 0 Å². The van der Waals surface area contributed by atoms with E-state index in [0.717, 1.165) is 5.69 Å². The Labute approximate surface area is 122 Å². The van der Waals surface area contributed by atoms with Crippen LogP contribution < -0.4 is 5.32 Å². The number of aromatic carboxylic acids is 1. The van der Waals surface area contributed by atoms with Gasteiger partial charge >= 0.3 is 5.97 Å². The molecule has 0 aliphatic heterocycles. The molecule has 17 heavy (non-hydrogen) atoms. The van der Waals surface area contributed by atoms with Crippen LogP contribution in [0.15, 0.2) is 54.6 Å². The maximum absolute atomic E-state index is 11.0. The van der Waals surface area contributed by atoms with E-state index < -0.39 is 5.97 Å². The van der Waals surface area contributed by atoms with Crippen LogP contribution in [-0.4, -0.2) is 40.6 Å². The Hall–Kier alpha value is -1.29. The van der Waals surface area contributed by atoms with Crippen LogP contribution in [0, 0.1) is 0 Å². The molecule has 0 spiro atoms. The minimum Gasteiger partial charge on any atom is -0.478 e. The third-order valence-electron chi connectivity index (χ3n) is 2.21. The zero-order valence-electron chi connectivity index (χ0n) is 9.55. The normalized spacial score (nSPS) is 9.18. The number of nitrogens with one attached hydrogen (secondary N) is 1. The summed E-state index contributed by atoms with van der Waals surface area (Å²) >= 11 is 0. The largest absolute Gasteiger partial charge is 0.478 e. The monoisotopic (exact) mass is 236 g/mol. The van der Waals surface area contributed by atoms with Gasteiger partial charge in [-0.1, -0.05) is 30.3 Å². The van der Waals surface area contributed by atoms with Gasteiger partial charge in [0.25, 0.3) is 0 Å². The van der Waals surface area contributed by atoms with E-state index in [2.05, 4.69) is 5.32 Å². The minimum absolute atomic E-state index is 0. The Bertz CT molecular complexity index is 500. The first-order valence-electron chi connectivity index (χ1n) is 4.92. The van der Waals surface area contributed by atoms with Gasteiger partial charge in [0, 0.05) is 35.2 Å². The molecule has 1 radical (unpaired) electrons. The Balaban J connectivity index is 0.00000144. The van der Waals surface area contributed by atoms with Crippen molar-refractivity contribution in [1.29, 1.82) is 0 Å². The number of hydrogen-bond acceptors (Lipinski definition) is 2. The second kappa shape index (κ2) is 6.45. The van der Waals surface area contributed by atoms with Crippen LogP contribution in [0.3, 0.4) is 0 Å². The maximum Gasteiger partial charge on any atom is 0.337 e. The van der Waals surface area contributed by atoms with E-state index in [0.29, 0.717) is 5.69 Å². The molecule has 0 saturated heterocycles. The molecular formula is C13H11NNaO2. The molecular weight excluding hydrogens is 225 g/mol. The van der Waals surface area contributed by atoms with Crippen molar-refractivity contribution >= 4 is 46.9 Å². The number of carboxylic acids is 1. The van der Waals surface area contributed by atoms with Gasteiger partial charge in [-0.2, -0.15) is 0 Å². The van der Waals surface area contributed by atoms with Gasteiger partial charge in [-0.25, -0.2) is 4.79 Å². The molecule has 0 saturated carbocycles. The van der Waals surface area contributed by atoms with Gasteiger partial charge < -0.3 is 10.4 Å². The van der Waals surface area contributed by atoms with Gasteiger partial charge in [0.1, 0.15) is 0 Å². The molecule has 2 aromatic carbocycles. The summed E-state index contributed by atoms with van der Waals surface area (Å²) in [7, 11) is 0. The van der Waals surface area contributed by atoms with E-state index in [4.69, 9.17) is 5.11 Å². The van der Waals surface area contributed by atoms with Crippen molar-refractivity contribution in [2.24, 2.45) is 0 Å². The van der Waals surface area contributed by atoms with Crippen LogP contribution in [0.4, 0.5) is 11.4 Å². The van der Waals surface area contributed by atoms with Crippen molar-refractivity contribution < 1.29 is 9.90 Å². The van der Waals surface area contributed by atoms with Gasteiger partial charge in [0.15, 0.2) is 0 Å². The quantitative estimate of drug-likeness (QED) is 0.805. The van der Waals surface area contributed by atoms with Crippen LogP contribution in [0.5, 0.6) is 0 Å². The third-order valence-corrected chi connectivity index (χ3v) is 2.21. The van der Waals surface area contributed by atoms with E-state index in [9.17, 15) is 4.79 Å². The first-order chi connectivity index (χ1) is 7.77. The van der Waals surface area contributed by atoms with Crippen molar-refractivity contribution in [3.8, 4) is 0 Å². The summed E-state index contributed by atoms with van der Waals surface area (Å²) in [5, 5.41) is 12.1. The van der Waals surface area contributed by atoms with Crippen LogP contribution in [0.2, 0.25) is 0 Å². The van der Waals surface area contributed by atoms with Crippen LogP contribution >= 0.6 is 0 Å². The SMILES string of the molecule is O=C(O)c1ccccc1Nc1ccccc1.[Na]. The van der Waals surface area contributed by atoms with Gasteiger partial charge in [0.05, 0.1) is 11.3 Å². The first kappa shape index (κ1) is 13.8. The van der Waals surface area contributed by atoms with Crippen LogP contribution in [0.1, 0.15) is 10.4 Å². The summed E-state index contributed by atoms with van der Waals surface area (Å²) in [4.78, 5) is 11.0. The molecule has 0 unspecified atom stereocenters. The molecule has 0 heterocycles. The molecule has 0 bridgehead atoms. The molecule has 4 heteroatoms. The predicted octanol–water partition coefficient (Wildman–Crippen LogP) is 2.75.